The number of hydrogen-bond acceptors (Lipinski definition) is 3. The number of carbonyl (C=O) groups is 2. The van der Waals surface area contributed by atoms with Crippen LogP contribution in [0.1, 0.15) is 11.1 Å². The second kappa shape index (κ2) is 8.82. The minimum absolute atomic E-state index is 0.160. The average molecular weight is 482 g/mol. The first-order valence-corrected chi connectivity index (χ1v) is 9.75. The standard InChI is InChI=1S/C20H15BrCl2N2O3/c1-2-7-25-19(26)17(24-20(25)27)10-12-4-6-18(14(21)8-12)28-11-13-3-5-15(22)16(23)9-13/h2-6,8-10H,1,7,11H2,(H,24,27)/b17-10+. The maximum atomic E-state index is 12.2. The van der Waals surface area contributed by atoms with Gasteiger partial charge in [0.25, 0.3) is 5.91 Å². The van der Waals surface area contributed by atoms with Crippen LogP contribution >= 0.6 is 39.1 Å². The van der Waals surface area contributed by atoms with E-state index in [1.54, 1.807) is 36.4 Å². The summed E-state index contributed by atoms with van der Waals surface area (Å²) in [6, 6.07) is 10.2. The van der Waals surface area contributed by atoms with Gasteiger partial charge >= 0.3 is 6.03 Å². The molecule has 0 atom stereocenters. The van der Waals surface area contributed by atoms with E-state index in [0.717, 1.165) is 16.0 Å². The van der Waals surface area contributed by atoms with E-state index >= 15 is 0 Å². The first kappa shape index (κ1) is 20.5. The zero-order valence-corrected chi connectivity index (χ0v) is 17.6. The molecule has 0 radical (unpaired) electrons. The molecule has 1 saturated heterocycles. The molecular formula is C20H15BrCl2N2O3. The van der Waals surface area contributed by atoms with Crippen LogP contribution in [0.4, 0.5) is 4.79 Å². The maximum absolute atomic E-state index is 12.2. The smallest absolute Gasteiger partial charge is 0.329 e. The summed E-state index contributed by atoms with van der Waals surface area (Å²) in [7, 11) is 0. The van der Waals surface area contributed by atoms with Crippen molar-refractivity contribution in [2.75, 3.05) is 6.54 Å². The predicted molar refractivity (Wildman–Crippen MR) is 113 cm³/mol. The summed E-state index contributed by atoms with van der Waals surface area (Å²) in [6.07, 6.45) is 3.10. The van der Waals surface area contributed by atoms with Crippen molar-refractivity contribution < 1.29 is 14.3 Å². The van der Waals surface area contributed by atoms with Gasteiger partial charge in [-0.3, -0.25) is 9.69 Å². The molecule has 2 aromatic carbocycles. The van der Waals surface area contributed by atoms with Gasteiger partial charge in [-0.2, -0.15) is 0 Å². The molecule has 144 valence electrons. The Labute approximate surface area is 180 Å². The molecule has 3 rings (SSSR count). The Hall–Kier alpha value is -2.28. The van der Waals surface area contributed by atoms with Crippen LogP contribution in [0.25, 0.3) is 6.08 Å². The highest BCUT2D eigenvalue weighted by Crippen LogP contribution is 2.29. The first-order chi connectivity index (χ1) is 13.4. The Bertz CT molecular complexity index is 991. The molecular weight excluding hydrogens is 467 g/mol. The molecule has 0 unspecified atom stereocenters. The van der Waals surface area contributed by atoms with Crippen LogP contribution < -0.4 is 10.1 Å². The molecule has 1 heterocycles. The lowest BCUT2D eigenvalue weighted by Gasteiger charge is -2.10. The largest absolute Gasteiger partial charge is 0.488 e. The number of nitrogens with one attached hydrogen (secondary N) is 1. The summed E-state index contributed by atoms with van der Waals surface area (Å²) in [5.74, 6) is 0.240. The average Bonchev–Trinajstić information content (AvgIpc) is 2.91. The molecule has 0 saturated carbocycles. The summed E-state index contributed by atoms with van der Waals surface area (Å²) in [5.41, 5.74) is 1.83. The summed E-state index contributed by atoms with van der Waals surface area (Å²) in [6.45, 7) is 4.02. The van der Waals surface area contributed by atoms with E-state index in [4.69, 9.17) is 27.9 Å². The topological polar surface area (TPSA) is 58.6 Å². The number of amides is 3. The van der Waals surface area contributed by atoms with Crippen molar-refractivity contribution in [2.24, 2.45) is 0 Å². The third-order valence-corrected chi connectivity index (χ3v) is 5.28. The van der Waals surface area contributed by atoms with Crippen molar-refractivity contribution in [1.82, 2.24) is 10.2 Å². The third-order valence-electron chi connectivity index (χ3n) is 3.92. The lowest BCUT2D eigenvalue weighted by atomic mass is 10.2. The molecule has 2 aromatic rings. The van der Waals surface area contributed by atoms with E-state index in [0.29, 0.717) is 26.9 Å². The van der Waals surface area contributed by atoms with Gasteiger partial charge in [0.05, 0.1) is 14.5 Å². The van der Waals surface area contributed by atoms with Gasteiger partial charge in [0, 0.05) is 6.54 Å². The zero-order chi connectivity index (χ0) is 20.3. The van der Waals surface area contributed by atoms with Crippen molar-refractivity contribution in [3.63, 3.8) is 0 Å². The van der Waals surface area contributed by atoms with E-state index in [1.165, 1.54) is 6.08 Å². The van der Waals surface area contributed by atoms with Crippen LogP contribution in [0.3, 0.4) is 0 Å². The number of urea groups is 1. The molecule has 1 fully saturated rings. The number of benzene rings is 2. The fourth-order valence-electron chi connectivity index (χ4n) is 2.55. The quantitative estimate of drug-likeness (QED) is 0.340. The highest BCUT2D eigenvalue weighted by molar-refractivity contribution is 9.10. The van der Waals surface area contributed by atoms with Crippen molar-refractivity contribution in [1.29, 1.82) is 0 Å². The van der Waals surface area contributed by atoms with Gasteiger partial charge in [0.15, 0.2) is 0 Å². The molecule has 3 amide bonds. The molecule has 1 N–H and O–H groups in total. The SMILES string of the molecule is C=CCN1C(=O)N/C(=C/c2ccc(OCc3ccc(Cl)c(Cl)c3)c(Br)c2)C1=O. The Balaban J connectivity index is 1.72. The fourth-order valence-corrected chi connectivity index (χ4v) is 3.38. The molecule has 0 aromatic heterocycles. The van der Waals surface area contributed by atoms with Crippen LogP contribution in [0.2, 0.25) is 10.0 Å². The maximum Gasteiger partial charge on any atom is 0.329 e. The zero-order valence-electron chi connectivity index (χ0n) is 14.5. The normalized spacial score (nSPS) is 15.1. The highest BCUT2D eigenvalue weighted by atomic mass is 79.9. The van der Waals surface area contributed by atoms with Crippen molar-refractivity contribution in [2.45, 2.75) is 6.61 Å². The van der Waals surface area contributed by atoms with E-state index in [2.05, 4.69) is 27.8 Å². The number of rotatable bonds is 6. The van der Waals surface area contributed by atoms with Gasteiger partial charge in [-0.05, 0) is 57.4 Å². The Morgan fingerprint density at radius 2 is 1.93 bits per heavy atom. The van der Waals surface area contributed by atoms with Gasteiger partial charge in [-0.25, -0.2) is 4.79 Å². The minimum Gasteiger partial charge on any atom is -0.488 e. The number of imide groups is 1. The second-order valence-corrected chi connectivity index (χ2v) is 7.59. The van der Waals surface area contributed by atoms with Crippen LogP contribution in [-0.4, -0.2) is 23.4 Å². The highest BCUT2D eigenvalue weighted by Gasteiger charge is 2.32. The molecule has 8 heteroatoms. The molecule has 28 heavy (non-hydrogen) atoms. The Morgan fingerprint density at radius 3 is 2.61 bits per heavy atom. The number of ether oxygens (including phenoxy) is 1. The van der Waals surface area contributed by atoms with E-state index in [9.17, 15) is 9.59 Å². The number of nitrogens with zero attached hydrogens (tertiary/aromatic N) is 1. The van der Waals surface area contributed by atoms with Crippen LogP contribution in [0, 0.1) is 0 Å². The summed E-state index contributed by atoms with van der Waals surface area (Å²) >= 11 is 15.4. The first-order valence-electron chi connectivity index (χ1n) is 8.20. The van der Waals surface area contributed by atoms with Crippen LogP contribution in [0.15, 0.2) is 59.2 Å². The predicted octanol–water partition coefficient (Wildman–Crippen LogP) is 5.41. The molecule has 0 aliphatic carbocycles. The Kier molecular flexibility index (Phi) is 6.44. The third kappa shape index (κ3) is 4.58. The molecule has 1 aliphatic heterocycles. The molecule has 1 aliphatic rings. The molecule has 5 nitrogen and oxygen atoms in total. The molecule has 0 spiro atoms. The van der Waals surface area contributed by atoms with Crippen molar-refractivity contribution in [3.8, 4) is 5.75 Å². The lowest BCUT2D eigenvalue weighted by Crippen LogP contribution is -2.30. The van der Waals surface area contributed by atoms with E-state index in [-0.39, 0.29) is 18.1 Å². The summed E-state index contributed by atoms with van der Waals surface area (Å²) in [5, 5.41) is 3.52. The summed E-state index contributed by atoms with van der Waals surface area (Å²) in [4.78, 5) is 25.1. The summed E-state index contributed by atoms with van der Waals surface area (Å²) < 4.78 is 6.51. The number of hydrogen-bond donors (Lipinski definition) is 1. The fraction of sp³-hybridized carbons (Fsp3) is 0.100. The van der Waals surface area contributed by atoms with Gasteiger partial charge in [0.1, 0.15) is 18.1 Å². The van der Waals surface area contributed by atoms with Gasteiger partial charge in [-0.15, -0.1) is 6.58 Å². The van der Waals surface area contributed by atoms with Crippen molar-refractivity contribution in [3.05, 3.63) is 80.4 Å². The monoisotopic (exact) mass is 480 g/mol. The minimum atomic E-state index is -0.461. The van der Waals surface area contributed by atoms with Gasteiger partial charge in [-0.1, -0.05) is 41.4 Å². The number of halogens is 3. The van der Waals surface area contributed by atoms with Crippen LogP contribution in [-0.2, 0) is 11.4 Å². The lowest BCUT2D eigenvalue weighted by molar-refractivity contribution is -0.122. The van der Waals surface area contributed by atoms with Crippen molar-refractivity contribution >= 4 is 57.1 Å². The second-order valence-electron chi connectivity index (χ2n) is 5.92. The molecule has 0 bridgehead atoms. The van der Waals surface area contributed by atoms with E-state index < -0.39 is 6.03 Å². The van der Waals surface area contributed by atoms with Crippen LogP contribution in [0.5, 0.6) is 5.75 Å². The Morgan fingerprint density at radius 1 is 1.14 bits per heavy atom. The number of carbonyl (C=O) groups excluding carboxylic acids is 2. The van der Waals surface area contributed by atoms with Gasteiger partial charge < -0.3 is 10.1 Å². The van der Waals surface area contributed by atoms with E-state index in [1.807, 2.05) is 6.07 Å². The van der Waals surface area contributed by atoms with Gasteiger partial charge in [0.2, 0.25) is 0 Å².